The van der Waals surface area contributed by atoms with Gasteiger partial charge in [0.1, 0.15) is 17.9 Å². The van der Waals surface area contributed by atoms with Crippen LogP contribution < -0.4 is 5.32 Å². The van der Waals surface area contributed by atoms with Gasteiger partial charge in [0.15, 0.2) is 5.69 Å². The van der Waals surface area contributed by atoms with E-state index in [1.54, 1.807) is 13.8 Å². The molecule has 0 saturated heterocycles. The molecule has 1 aromatic carbocycles. The van der Waals surface area contributed by atoms with Crippen LogP contribution in [0.25, 0.3) is 0 Å². The van der Waals surface area contributed by atoms with Crippen LogP contribution in [-0.2, 0) is 4.79 Å². The minimum absolute atomic E-state index is 0.187. The molecule has 2 rings (SSSR count). The second kappa shape index (κ2) is 5.48. The number of benzene rings is 1. The molecule has 0 fully saturated rings. The third kappa shape index (κ3) is 2.64. The average Bonchev–Trinajstić information content (AvgIpc) is 2.81. The summed E-state index contributed by atoms with van der Waals surface area (Å²) in [6.45, 7) is 3.31. The lowest BCUT2D eigenvalue weighted by molar-refractivity contribution is -0.119. The van der Waals surface area contributed by atoms with Crippen molar-refractivity contribution >= 4 is 11.6 Å². The lowest BCUT2D eigenvalue weighted by atomic mass is 10.2. The lowest BCUT2D eigenvalue weighted by Crippen LogP contribution is -2.25. The van der Waals surface area contributed by atoms with Crippen molar-refractivity contribution in [3.05, 3.63) is 41.5 Å². The Bertz CT molecular complexity index is 671. The van der Waals surface area contributed by atoms with E-state index in [4.69, 9.17) is 5.26 Å². The molecule has 0 spiro atoms. The first-order valence-electron chi connectivity index (χ1n) is 5.91. The van der Waals surface area contributed by atoms with Gasteiger partial charge in [0.2, 0.25) is 5.91 Å². The molecule has 1 heterocycles. The Morgan fingerprint density at radius 3 is 2.65 bits per heavy atom. The summed E-state index contributed by atoms with van der Waals surface area (Å²) in [7, 11) is 0. The van der Waals surface area contributed by atoms with E-state index in [9.17, 15) is 9.18 Å². The van der Waals surface area contributed by atoms with Crippen LogP contribution >= 0.6 is 0 Å². The molecule has 0 aliphatic rings. The number of rotatable bonds is 3. The largest absolute Gasteiger partial charge is 0.324 e. The van der Waals surface area contributed by atoms with Crippen molar-refractivity contribution in [1.82, 2.24) is 15.0 Å². The van der Waals surface area contributed by atoms with Gasteiger partial charge in [0.05, 0.1) is 5.69 Å². The summed E-state index contributed by atoms with van der Waals surface area (Å²) in [6, 6.07) is 6.72. The number of carbonyl (C=O) groups excluding carboxylic acids is 1. The third-order valence-electron chi connectivity index (χ3n) is 2.89. The number of amides is 1. The van der Waals surface area contributed by atoms with Gasteiger partial charge in [-0.15, -0.1) is 5.10 Å². The highest BCUT2D eigenvalue weighted by Crippen LogP contribution is 2.14. The molecule has 0 bridgehead atoms. The van der Waals surface area contributed by atoms with Gasteiger partial charge >= 0.3 is 0 Å². The van der Waals surface area contributed by atoms with E-state index in [-0.39, 0.29) is 17.4 Å². The molecular weight excluding hydrogens is 261 g/mol. The number of anilines is 1. The second-order valence-corrected chi connectivity index (χ2v) is 4.25. The molecule has 0 radical (unpaired) electrons. The number of nitriles is 1. The van der Waals surface area contributed by atoms with Gasteiger partial charge in [-0.2, -0.15) is 5.26 Å². The van der Waals surface area contributed by atoms with Crippen LogP contribution in [0.4, 0.5) is 10.1 Å². The van der Waals surface area contributed by atoms with E-state index < -0.39 is 6.04 Å². The molecule has 0 aliphatic carbocycles. The Labute approximate surface area is 114 Å². The van der Waals surface area contributed by atoms with Gasteiger partial charge in [0.25, 0.3) is 0 Å². The molecule has 102 valence electrons. The van der Waals surface area contributed by atoms with Crippen LogP contribution in [0.3, 0.4) is 0 Å². The molecule has 1 amide bonds. The molecule has 2 aromatic rings. The zero-order valence-corrected chi connectivity index (χ0v) is 11.0. The minimum Gasteiger partial charge on any atom is -0.324 e. The first-order chi connectivity index (χ1) is 9.52. The van der Waals surface area contributed by atoms with Crippen LogP contribution in [0.15, 0.2) is 24.3 Å². The summed E-state index contributed by atoms with van der Waals surface area (Å²) < 4.78 is 14.1. The second-order valence-electron chi connectivity index (χ2n) is 4.25. The van der Waals surface area contributed by atoms with Gasteiger partial charge < -0.3 is 5.32 Å². The fourth-order valence-corrected chi connectivity index (χ4v) is 1.70. The Morgan fingerprint density at radius 1 is 1.45 bits per heavy atom. The summed E-state index contributed by atoms with van der Waals surface area (Å²) >= 11 is 0. The normalized spacial score (nSPS) is 11.7. The quantitative estimate of drug-likeness (QED) is 0.924. The standard InChI is InChI=1S/C13H12FN5O/c1-8-12(7-15)17-18-19(8)9(2)13(20)16-11-5-3-10(14)4-6-11/h3-6,9H,1-2H3,(H,16,20). The van der Waals surface area contributed by atoms with Crippen LogP contribution in [0.2, 0.25) is 0 Å². The van der Waals surface area contributed by atoms with Crippen molar-refractivity contribution < 1.29 is 9.18 Å². The van der Waals surface area contributed by atoms with E-state index in [0.717, 1.165) is 0 Å². The van der Waals surface area contributed by atoms with Gasteiger partial charge in [-0.1, -0.05) is 5.21 Å². The van der Waals surface area contributed by atoms with Crippen LogP contribution in [0, 0.1) is 24.1 Å². The maximum atomic E-state index is 12.8. The summed E-state index contributed by atoms with van der Waals surface area (Å²) in [6.07, 6.45) is 0. The number of carbonyl (C=O) groups is 1. The molecule has 20 heavy (non-hydrogen) atoms. The number of hydrogen-bond donors (Lipinski definition) is 1. The highest BCUT2D eigenvalue weighted by molar-refractivity contribution is 5.93. The fraction of sp³-hybridized carbons (Fsp3) is 0.231. The summed E-state index contributed by atoms with van der Waals surface area (Å²) in [5, 5.41) is 18.9. The van der Waals surface area contributed by atoms with E-state index in [1.165, 1.54) is 28.9 Å². The predicted molar refractivity (Wildman–Crippen MR) is 69.2 cm³/mol. The Morgan fingerprint density at radius 2 is 2.10 bits per heavy atom. The average molecular weight is 273 g/mol. The highest BCUT2D eigenvalue weighted by atomic mass is 19.1. The maximum Gasteiger partial charge on any atom is 0.249 e. The Kier molecular flexibility index (Phi) is 3.75. The van der Waals surface area contributed by atoms with Crippen LogP contribution in [-0.4, -0.2) is 20.9 Å². The minimum atomic E-state index is -0.630. The number of nitrogens with zero attached hydrogens (tertiary/aromatic N) is 4. The zero-order valence-electron chi connectivity index (χ0n) is 11.0. The monoisotopic (exact) mass is 273 g/mol. The SMILES string of the molecule is Cc1c(C#N)nnn1C(C)C(=O)Nc1ccc(F)cc1. The van der Waals surface area contributed by atoms with E-state index in [2.05, 4.69) is 15.6 Å². The van der Waals surface area contributed by atoms with Crippen molar-refractivity contribution in [3.8, 4) is 6.07 Å². The smallest absolute Gasteiger partial charge is 0.249 e. The molecule has 7 heteroatoms. The van der Waals surface area contributed by atoms with E-state index in [1.807, 2.05) is 6.07 Å². The zero-order chi connectivity index (χ0) is 14.7. The molecule has 0 aliphatic heterocycles. The van der Waals surface area contributed by atoms with Gasteiger partial charge in [-0.25, -0.2) is 9.07 Å². The van der Waals surface area contributed by atoms with Crippen molar-refractivity contribution in [1.29, 1.82) is 5.26 Å². The Hall–Kier alpha value is -2.75. The lowest BCUT2D eigenvalue weighted by Gasteiger charge is -2.13. The molecule has 0 saturated carbocycles. The topological polar surface area (TPSA) is 83.6 Å². The summed E-state index contributed by atoms with van der Waals surface area (Å²) in [5.41, 5.74) is 1.20. The molecule has 6 nitrogen and oxygen atoms in total. The van der Waals surface area contributed by atoms with Crippen molar-refractivity contribution in [2.75, 3.05) is 5.32 Å². The highest BCUT2D eigenvalue weighted by Gasteiger charge is 2.20. The third-order valence-corrected chi connectivity index (χ3v) is 2.89. The Balaban J connectivity index is 2.14. The van der Waals surface area contributed by atoms with Gasteiger partial charge in [-0.3, -0.25) is 4.79 Å². The fourth-order valence-electron chi connectivity index (χ4n) is 1.70. The molecule has 1 aromatic heterocycles. The predicted octanol–water partition coefficient (Wildman–Crippen LogP) is 1.80. The number of hydrogen-bond acceptors (Lipinski definition) is 4. The number of nitrogens with one attached hydrogen (secondary N) is 1. The molecule has 1 N–H and O–H groups in total. The number of halogens is 1. The van der Waals surface area contributed by atoms with Crippen LogP contribution in [0.5, 0.6) is 0 Å². The summed E-state index contributed by atoms with van der Waals surface area (Å²) in [5.74, 6) is -0.698. The van der Waals surface area contributed by atoms with Crippen molar-refractivity contribution in [3.63, 3.8) is 0 Å². The van der Waals surface area contributed by atoms with Gasteiger partial charge in [0, 0.05) is 5.69 Å². The number of aromatic nitrogens is 3. The van der Waals surface area contributed by atoms with E-state index in [0.29, 0.717) is 11.4 Å². The first kappa shape index (κ1) is 13.7. The molecule has 1 unspecified atom stereocenters. The summed E-state index contributed by atoms with van der Waals surface area (Å²) in [4.78, 5) is 12.1. The van der Waals surface area contributed by atoms with Crippen molar-refractivity contribution in [2.45, 2.75) is 19.9 Å². The van der Waals surface area contributed by atoms with E-state index >= 15 is 0 Å². The molecular formula is C13H12FN5O. The first-order valence-corrected chi connectivity index (χ1v) is 5.91. The maximum absolute atomic E-state index is 12.8. The van der Waals surface area contributed by atoms with Crippen LogP contribution in [0.1, 0.15) is 24.4 Å². The van der Waals surface area contributed by atoms with Gasteiger partial charge in [-0.05, 0) is 38.1 Å². The molecule has 1 atom stereocenters. The van der Waals surface area contributed by atoms with Crippen molar-refractivity contribution in [2.24, 2.45) is 0 Å².